The van der Waals surface area contributed by atoms with E-state index in [1.54, 1.807) is 89.2 Å². The molecular formula is C64H90NO30P. The lowest BCUT2D eigenvalue weighted by molar-refractivity contribution is -0.194. The number of hydrogen-bond donors (Lipinski definition) is 1. The summed E-state index contributed by atoms with van der Waals surface area (Å²) in [5, 5.41) is 2.45. The number of allylic oxidation sites excluding steroid dienone is 5. The van der Waals surface area contributed by atoms with E-state index in [0.717, 1.165) is 13.8 Å². The molecule has 4 saturated heterocycles. The van der Waals surface area contributed by atoms with Gasteiger partial charge in [-0.25, -0.2) is 42.4 Å². The summed E-state index contributed by atoms with van der Waals surface area (Å²) in [5.74, 6) is -10.2. The quantitative estimate of drug-likeness (QED) is 0.0345. The van der Waals surface area contributed by atoms with Crippen LogP contribution in [0.1, 0.15) is 179 Å². The first-order chi connectivity index (χ1) is 44.3. The fourth-order valence-electron chi connectivity index (χ4n) is 7.35. The van der Waals surface area contributed by atoms with Crippen molar-refractivity contribution in [2.45, 2.75) is 202 Å². The molecule has 1 aromatic rings. The predicted octanol–water partition coefficient (Wildman–Crippen LogP) is 6.92. The lowest BCUT2D eigenvalue weighted by atomic mass is 9.99. The number of ketones is 4. The van der Waals surface area contributed by atoms with Gasteiger partial charge >= 0.3 is 78.2 Å². The first-order valence-electron chi connectivity index (χ1n) is 29.9. The molecule has 5 heterocycles. The summed E-state index contributed by atoms with van der Waals surface area (Å²) >= 11 is 0. The number of phosphoric acid groups is 1. The smallest absolute Gasteiger partial charge is 0.466 e. The lowest BCUT2D eigenvalue weighted by Crippen LogP contribution is -2.46. The molecule has 1 N–H and O–H groups in total. The van der Waals surface area contributed by atoms with Gasteiger partial charge in [-0.2, -0.15) is 0 Å². The maximum Gasteiger partial charge on any atom is 0.536 e. The van der Waals surface area contributed by atoms with Gasteiger partial charge in [0.1, 0.15) is 6.04 Å². The minimum absolute atomic E-state index is 0.0139. The van der Waals surface area contributed by atoms with Crippen LogP contribution in [0, 0.1) is 17.8 Å². The Morgan fingerprint density at radius 1 is 0.594 bits per heavy atom. The van der Waals surface area contributed by atoms with Crippen LogP contribution in [0.3, 0.4) is 0 Å². The van der Waals surface area contributed by atoms with Gasteiger partial charge in [-0.1, -0.05) is 48.5 Å². The van der Waals surface area contributed by atoms with Crippen LogP contribution in [0.25, 0.3) is 11.1 Å². The van der Waals surface area contributed by atoms with E-state index in [-0.39, 0.29) is 94.3 Å². The van der Waals surface area contributed by atoms with E-state index in [0.29, 0.717) is 23.1 Å². The molecule has 96 heavy (non-hydrogen) atoms. The molecule has 1 aromatic heterocycles. The highest BCUT2D eigenvalue weighted by atomic mass is 31.2. The number of carbonyl (C=O) groups is 12. The van der Waals surface area contributed by atoms with E-state index in [2.05, 4.69) is 28.6 Å². The van der Waals surface area contributed by atoms with Crippen molar-refractivity contribution in [2.24, 2.45) is 17.8 Å². The Kier molecular flexibility index (Phi) is 35.9. The molecule has 32 heteroatoms. The summed E-state index contributed by atoms with van der Waals surface area (Å²) in [4.78, 5) is 157. The summed E-state index contributed by atoms with van der Waals surface area (Å²) in [5.41, 5.74) is 0.706. The van der Waals surface area contributed by atoms with Crippen LogP contribution in [-0.4, -0.2) is 114 Å². The van der Waals surface area contributed by atoms with E-state index in [1.807, 2.05) is 27.7 Å². The van der Waals surface area contributed by atoms with Gasteiger partial charge in [-0.15, -0.1) is 0 Å². The highest BCUT2D eigenvalue weighted by Crippen LogP contribution is 2.51. The van der Waals surface area contributed by atoms with Gasteiger partial charge < -0.3 is 66.0 Å². The second-order valence-corrected chi connectivity index (χ2v) is 23.9. The second-order valence-electron chi connectivity index (χ2n) is 22.3. The third-order valence-corrected chi connectivity index (χ3v) is 13.4. The van der Waals surface area contributed by atoms with Gasteiger partial charge in [-0.05, 0) is 122 Å². The molecule has 4 fully saturated rings. The fourth-order valence-corrected chi connectivity index (χ4v) is 8.37. The van der Waals surface area contributed by atoms with Crippen LogP contribution < -0.4 is 27.4 Å². The summed E-state index contributed by atoms with van der Waals surface area (Å²) in [6, 6.07) is -0.536. The number of nitrogens with one attached hydrogen (secondary N) is 1. The van der Waals surface area contributed by atoms with Gasteiger partial charge in [-0.3, -0.25) is 38.4 Å². The van der Waals surface area contributed by atoms with Gasteiger partial charge in [0, 0.05) is 60.3 Å². The molecule has 0 spiro atoms. The van der Waals surface area contributed by atoms with Crippen LogP contribution in [0.4, 0.5) is 0 Å². The molecular weight excluding hydrogens is 1290 g/mol. The van der Waals surface area contributed by atoms with Crippen molar-refractivity contribution in [1.29, 1.82) is 0 Å². The number of Topliss-reactive ketones (excluding diaryl/α,β-unsaturated/α-hetero) is 4. The number of rotatable bonds is 20. The molecule has 1 amide bonds. The third kappa shape index (κ3) is 27.3. The molecule has 0 radical (unpaired) electrons. The van der Waals surface area contributed by atoms with Crippen molar-refractivity contribution in [2.75, 3.05) is 20.2 Å². The van der Waals surface area contributed by atoms with E-state index in [1.165, 1.54) is 52.8 Å². The number of ether oxygens (including phenoxy) is 10. The molecule has 4 aliphatic heterocycles. The van der Waals surface area contributed by atoms with E-state index >= 15 is 0 Å². The fraction of sp³-hybridized carbons (Fsp3) is 0.562. The first-order valence-corrected chi connectivity index (χ1v) is 31.3. The number of esters is 7. The summed E-state index contributed by atoms with van der Waals surface area (Å²) in [6.07, 6.45) is 6.14. The number of phosphoric ester groups is 1. The van der Waals surface area contributed by atoms with Gasteiger partial charge in [0.15, 0.2) is 17.3 Å². The summed E-state index contributed by atoms with van der Waals surface area (Å²) in [6.45, 7) is 35.8. The number of amides is 1. The summed E-state index contributed by atoms with van der Waals surface area (Å²) in [7, 11) is -4.30. The SMILES string of the molecule is C/C=C1\OC(=O)C(C)NC1=O.CC(=O)C1(C(C)C)OC(=O)C(=C(C)C)O1.CC(=O)C1(CC(C)C)OC(=O)/C(=C/C(C)C)O1.CC(C)=c1oc(=O)c(=C(C)C)oc1=O.CC=C(OP(=O)(OCOC(C)=O)OCOC(C)=O)C(C)=O.CCOC(=O)C/C=C1\OC(CC)(C(C)=O)OC1=O. The minimum atomic E-state index is -4.30. The molecule has 0 bridgehead atoms. The zero-order chi connectivity index (χ0) is 74.6. The molecule has 4 atom stereocenters. The Balaban J connectivity index is 0.00000114. The molecule has 0 aliphatic carbocycles. The molecule has 0 saturated carbocycles. The maximum atomic E-state index is 12.2. The third-order valence-electron chi connectivity index (χ3n) is 12.1. The Morgan fingerprint density at radius 2 is 1.07 bits per heavy atom. The van der Waals surface area contributed by atoms with Crippen LogP contribution in [0.5, 0.6) is 0 Å². The van der Waals surface area contributed by atoms with Crippen LogP contribution in [-0.2, 0) is 123 Å². The topological polar surface area (TPSA) is 414 Å². The molecule has 5 rings (SSSR count). The standard InChI is InChI=1S/C13H20O4.C12H16O6.C11H17O9P.C11H16O4.C10H12O4.C7H9NO3/c1-8(2)6-11-12(15)17-13(16-11,10(5)14)7-9(3)4;1-4-12(8(3)13)17-9(11(15)18-12)6-7-10(14)16-5-2;1-5-11(8(2)12)20-21(15,18-6-16-9(3)13)19-7-17-10(4)14;1-6(2)9-10(13)15-11(14-9,7(3)4)8(5)12;1-5(2)7-9(11)14-8(6(3)4)10(12)13-7;1-3-5-6(9)8-4(2)7(10)11-5/h6,8-9H,7H2,1-5H3;6H,4-5,7H2,1-3H3;5H,6-7H2,1-4H3;7H,1-5H3;1-4H3;3-4H,1-2H3,(H,8,9)/b11-6-;9-6-;;;;5-3-. The average Bonchev–Trinajstić information content (AvgIpc) is 1.64. The van der Waals surface area contributed by atoms with Crippen molar-refractivity contribution < 1.29 is 132 Å². The summed E-state index contributed by atoms with van der Waals surface area (Å²) < 4.78 is 85.7. The van der Waals surface area contributed by atoms with Gasteiger partial charge in [0.25, 0.3) is 5.91 Å². The monoisotopic (exact) mass is 1380 g/mol. The van der Waals surface area contributed by atoms with Gasteiger partial charge in [0.05, 0.1) is 13.0 Å². The molecule has 31 nitrogen and oxygen atoms in total. The highest BCUT2D eigenvalue weighted by Gasteiger charge is 2.54. The normalized spacial score (nSPS) is 20.5. The number of cyclic esters (lactones) is 4. The van der Waals surface area contributed by atoms with Crippen molar-refractivity contribution in [3.63, 3.8) is 0 Å². The number of hydrogen-bond acceptors (Lipinski definition) is 30. The van der Waals surface area contributed by atoms with Crippen LogP contribution in [0.2, 0.25) is 0 Å². The van der Waals surface area contributed by atoms with Gasteiger partial charge in [0.2, 0.25) is 59.0 Å². The number of carbonyl (C=O) groups excluding carboxylic acids is 12. The predicted molar refractivity (Wildman–Crippen MR) is 335 cm³/mol. The van der Waals surface area contributed by atoms with Crippen molar-refractivity contribution in [1.82, 2.24) is 5.32 Å². The Labute approximate surface area is 555 Å². The Morgan fingerprint density at radius 3 is 1.42 bits per heavy atom. The van der Waals surface area contributed by atoms with Crippen LogP contribution >= 0.6 is 7.82 Å². The van der Waals surface area contributed by atoms with E-state index < -0.39 is 109 Å². The zero-order valence-electron chi connectivity index (χ0n) is 58.6. The maximum absolute atomic E-state index is 12.2. The Hall–Kier alpha value is -9.09. The minimum Gasteiger partial charge on any atom is -0.466 e. The largest absolute Gasteiger partial charge is 0.536 e. The van der Waals surface area contributed by atoms with E-state index in [9.17, 15) is 71.7 Å². The average molecular weight is 1380 g/mol. The molecule has 536 valence electrons. The highest BCUT2D eigenvalue weighted by molar-refractivity contribution is 7.48. The first kappa shape index (κ1) is 86.9. The Bertz CT molecular complexity index is 3450. The number of morpholine rings is 1. The van der Waals surface area contributed by atoms with Crippen molar-refractivity contribution in [3.8, 4) is 0 Å². The molecule has 0 aromatic carbocycles. The molecule has 4 unspecified atom stereocenters. The second kappa shape index (κ2) is 39.7. The van der Waals surface area contributed by atoms with Crippen LogP contribution in [0.15, 0.2) is 77.1 Å². The zero-order valence-corrected chi connectivity index (χ0v) is 59.5. The van der Waals surface area contributed by atoms with E-state index in [4.69, 9.17) is 46.5 Å². The van der Waals surface area contributed by atoms with Crippen molar-refractivity contribution in [3.05, 3.63) is 90.3 Å². The lowest BCUT2D eigenvalue weighted by Gasteiger charge is -2.26. The molecule has 4 aliphatic rings. The van der Waals surface area contributed by atoms with Crippen molar-refractivity contribution >= 4 is 89.8 Å².